The van der Waals surface area contributed by atoms with Gasteiger partial charge in [-0.05, 0) is 52.1 Å². The molecule has 0 spiro atoms. The lowest BCUT2D eigenvalue weighted by molar-refractivity contribution is -0.141. The van der Waals surface area contributed by atoms with Gasteiger partial charge in [0.15, 0.2) is 0 Å². The van der Waals surface area contributed by atoms with Crippen LogP contribution < -0.4 is 5.32 Å². The summed E-state index contributed by atoms with van der Waals surface area (Å²) in [4.78, 5) is 33.9. The molecule has 3 rings (SSSR count). The van der Waals surface area contributed by atoms with Crippen LogP contribution in [0.4, 0.5) is 0 Å². The van der Waals surface area contributed by atoms with Crippen molar-refractivity contribution >= 4 is 11.8 Å². The van der Waals surface area contributed by atoms with Gasteiger partial charge in [-0.1, -0.05) is 0 Å². The Morgan fingerprint density at radius 1 is 1.19 bits per heavy atom. The first-order chi connectivity index (χ1) is 13.1. The lowest BCUT2D eigenvalue weighted by Gasteiger charge is -2.39. The molecule has 2 aliphatic rings. The van der Waals surface area contributed by atoms with Gasteiger partial charge in [-0.3, -0.25) is 14.5 Å². The fourth-order valence-corrected chi connectivity index (χ4v) is 4.31. The molecular weight excluding hydrogens is 342 g/mol. The third-order valence-corrected chi connectivity index (χ3v) is 5.93. The topological polar surface area (TPSA) is 70.5 Å². The summed E-state index contributed by atoms with van der Waals surface area (Å²) in [5.41, 5.74) is 0. The zero-order chi connectivity index (χ0) is 19.2. The monoisotopic (exact) mass is 375 g/mol. The Hall–Kier alpha value is -1.89. The molecule has 0 bridgehead atoms. The summed E-state index contributed by atoms with van der Waals surface area (Å²) in [5, 5.41) is 2.87. The van der Waals surface area contributed by atoms with E-state index in [1.54, 1.807) is 0 Å². The van der Waals surface area contributed by atoms with Gasteiger partial charge >= 0.3 is 0 Å². The average Bonchev–Trinajstić information content (AvgIpc) is 3.07. The summed E-state index contributed by atoms with van der Waals surface area (Å²) in [5.74, 6) is 1.49. The molecule has 2 fully saturated rings. The number of aryl methyl sites for hydroxylation is 1. The van der Waals surface area contributed by atoms with Gasteiger partial charge in [0, 0.05) is 50.9 Å². The van der Waals surface area contributed by atoms with Crippen molar-refractivity contribution < 1.29 is 9.59 Å². The second-order valence-corrected chi connectivity index (χ2v) is 7.84. The normalized spacial score (nSPS) is 22.0. The first-order valence-corrected chi connectivity index (χ1v) is 10.3. The average molecular weight is 376 g/mol. The number of carbonyl (C=O) groups is 2. The van der Waals surface area contributed by atoms with Gasteiger partial charge in [0.1, 0.15) is 5.82 Å². The number of aromatic nitrogens is 2. The number of nitrogens with zero attached hydrogens (tertiary/aromatic N) is 4. The van der Waals surface area contributed by atoms with E-state index in [9.17, 15) is 9.59 Å². The fraction of sp³-hybridized carbons (Fsp3) is 0.750. The minimum absolute atomic E-state index is 0.0621. The van der Waals surface area contributed by atoms with Crippen molar-refractivity contribution in [3.63, 3.8) is 0 Å². The molecule has 0 saturated carbocycles. The predicted molar refractivity (Wildman–Crippen MR) is 104 cm³/mol. The van der Waals surface area contributed by atoms with Crippen molar-refractivity contribution in [1.82, 2.24) is 24.7 Å². The smallest absolute Gasteiger partial charge is 0.226 e. The van der Waals surface area contributed by atoms with E-state index in [1.165, 1.54) is 0 Å². The highest BCUT2D eigenvalue weighted by Crippen LogP contribution is 2.26. The largest absolute Gasteiger partial charge is 0.356 e. The molecule has 7 nitrogen and oxygen atoms in total. The molecule has 0 aromatic carbocycles. The number of nitrogens with one attached hydrogen (secondary N) is 1. The third-order valence-electron chi connectivity index (χ3n) is 5.93. The second-order valence-electron chi connectivity index (χ2n) is 7.84. The van der Waals surface area contributed by atoms with E-state index in [2.05, 4.69) is 19.8 Å². The lowest BCUT2D eigenvalue weighted by Crippen LogP contribution is -2.50. The molecule has 0 radical (unpaired) electrons. The van der Waals surface area contributed by atoms with Crippen LogP contribution in [-0.4, -0.2) is 63.4 Å². The molecular formula is C20H33N5O2. The molecule has 27 heavy (non-hydrogen) atoms. The molecule has 1 N–H and O–H groups in total. The van der Waals surface area contributed by atoms with Crippen LogP contribution in [-0.2, 0) is 23.2 Å². The first-order valence-electron chi connectivity index (χ1n) is 10.3. The molecule has 150 valence electrons. The Kier molecular flexibility index (Phi) is 6.88. The van der Waals surface area contributed by atoms with Gasteiger partial charge in [0.05, 0.1) is 6.54 Å². The summed E-state index contributed by atoms with van der Waals surface area (Å²) in [6, 6.07) is 0.0726. The maximum absolute atomic E-state index is 13.1. The Labute approximate surface area is 162 Å². The van der Waals surface area contributed by atoms with Crippen molar-refractivity contribution in [2.45, 2.75) is 58.0 Å². The van der Waals surface area contributed by atoms with Gasteiger partial charge in [0.2, 0.25) is 11.8 Å². The summed E-state index contributed by atoms with van der Waals surface area (Å²) in [6.07, 6.45) is 9.14. The Balaban J connectivity index is 1.52. The van der Waals surface area contributed by atoms with Gasteiger partial charge in [-0.25, -0.2) is 4.98 Å². The number of amides is 2. The standard InChI is InChI=1S/C20H33N5O2/c1-3-21-19(26)14-17-6-4-5-10-25(17)20(27)16-7-11-24(12-8-16)15-18-22-9-13-23(18)2/h9,13,16-17H,3-8,10-12,14-15H2,1-2H3,(H,21,26). The number of rotatable bonds is 6. The van der Waals surface area contributed by atoms with Gasteiger partial charge in [0.25, 0.3) is 0 Å². The summed E-state index contributed by atoms with van der Waals surface area (Å²) in [6.45, 7) is 6.08. The molecule has 1 unspecified atom stereocenters. The number of imidazole rings is 1. The number of carbonyl (C=O) groups excluding carboxylic acids is 2. The van der Waals surface area contributed by atoms with E-state index in [-0.39, 0.29) is 23.8 Å². The highest BCUT2D eigenvalue weighted by Gasteiger charge is 2.34. The zero-order valence-electron chi connectivity index (χ0n) is 16.7. The minimum Gasteiger partial charge on any atom is -0.356 e. The molecule has 0 aliphatic carbocycles. The molecule has 1 atom stereocenters. The van der Waals surface area contributed by atoms with Crippen LogP contribution in [0.25, 0.3) is 0 Å². The van der Waals surface area contributed by atoms with E-state index in [4.69, 9.17) is 0 Å². The molecule has 2 amide bonds. The van der Waals surface area contributed by atoms with Crippen molar-refractivity contribution in [3.8, 4) is 0 Å². The third kappa shape index (κ3) is 5.09. The van der Waals surface area contributed by atoms with Crippen LogP contribution in [0, 0.1) is 5.92 Å². The van der Waals surface area contributed by atoms with Crippen molar-refractivity contribution in [2.24, 2.45) is 13.0 Å². The van der Waals surface area contributed by atoms with Crippen LogP contribution in [0.3, 0.4) is 0 Å². The molecule has 7 heteroatoms. The Morgan fingerprint density at radius 2 is 1.96 bits per heavy atom. The van der Waals surface area contributed by atoms with Gasteiger partial charge < -0.3 is 14.8 Å². The van der Waals surface area contributed by atoms with E-state index in [0.29, 0.717) is 13.0 Å². The van der Waals surface area contributed by atoms with Crippen LogP contribution in [0.1, 0.15) is 51.3 Å². The molecule has 1 aromatic rings. The Morgan fingerprint density at radius 3 is 2.63 bits per heavy atom. The Bertz CT molecular complexity index is 636. The zero-order valence-corrected chi connectivity index (χ0v) is 16.7. The van der Waals surface area contributed by atoms with E-state index in [0.717, 1.165) is 64.1 Å². The maximum atomic E-state index is 13.1. The summed E-state index contributed by atoms with van der Waals surface area (Å²) in [7, 11) is 2.02. The number of hydrogen-bond donors (Lipinski definition) is 1. The van der Waals surface area contributed by atoms with Crippen LogP contribution in [0.5, 0.6) is 0 Å². The maximum Gasteiger partial charge on any atom is 0.226 e. The van der Waals surface area contributed by atoms with Gasteiger partial charge in [-0.2, -0.15) is 0 Å². The van der Waals surface area contributed by atoms with Crippen LogP contribution in [0.2, 0.25) is 0 Å². The quantitative estimate of drug-likeness (QED) is 0.819. The van der Waals surface area contributed by atoms with Gasteiger partial charge in [-0.15, -0.1) is 0 Å². The fourth-order valence-electron chi connectivity index (χ4n) is 4.31. The van der Waals surface area contributed by atoms with E-state index < -0.39 is 0 Å². The highest BCUT2D eigenvalue weighted by molar-refractivity contribution is 5.81. The predicted octanol–water partition coefficient (Wildman–Crippen LogP) is 1.54. The SMILES string of the molecule is CCNC(=O)CC1CCCCN1C(=O)C1CCN(Cc2nccn2C)CC1. The molecule has 1 aromatic heterocycles. The lowest BCUT2D eigenvalue weighted by atomic mass is 9.91. The number of hydrogen-bond acceptors (Lipinski definition) is 4. The van der Waals surface area contributed by atoms with Crippen LogP contribution in [0.15, 0.2) is 12.4 Å². The first kappa shape index (κ1) is 19.9. The minimum atomic E-state index is 0.0621. The number of likely N-dealkylation sites (tertiary alicyclic amines) is 2. The molecule has 2 aliphatic heterocycles. The van der Waals surface area contributed by atoms with E-state index >= 15 is 0 Å². The molecule has 3 heterocycles. The van der Waals surface area contributed by atoms with Crippen molar-refractivity contribution in [1.29, 1.82) is 0 Å². The summed E-state index contributed by atoms with van der Waals surface area (Å²) >= 11 is 0. The molecule has 2 saturated heterocycles. The van der Waals surface area contributed by atoms with Crippen molar-refractivity contribution in [3.05, 3.63) is 18.2 Å². The van der Waals surface area contributed by atoms with Crippen LogP contribution >= 0.6 is 0 Å². The number of piperidine rings is 2. The van der Waals surface area contributed by atoms with Crippen molar-refractivity contribution in [2.75, 3.05) is 26.2 Å². The second kappa shape index (κ2) is 9.35. The highest BCUT2D eigenvalue weighted by atomic mass is 16.2. The summed E-state index contributed by atoms with van der Waals surface area (Å²) < 4.78 is 2.05. The van der Waals surface area contributed by atoms with E-state index in [1.807, 2.05) is 31.3 Å².